The van der Waals surface area contributed by atoms with Crippen molar-refractivity contribution in [2.45, 2.75) is 0 Å². The maximum Gasteiger partial charge on any atom is 0.270 e. The van der Waals surface area contributed by atoms with Crippen molar-refractivity contribution in [3.63, 3.8) is 0 Å². The number of ether oxygens (including phenoxy) is 1. The number of methoxy groups -OCH3 is 1. The molecule has 0 atom stereocenters. The molecule has 0 N–H and O–H groups in total. The number of benzene rings is 2. The first-order valence-corrected chi connectivity index (χ1v) is 8.38. The molecular formula is C17H12N2O4S2. The number of nitrogens with zero attached hydrogens (tertiary/aromatic N) is 2. The number of nitro groups is 1. The minimum Gasteiger partial charge on any atom is -0.497 e. The van der Waals surface area contributed by atoms with Crippen LogP contribution in [0, 0.1) is 10.1 Å². The second-order valence-electron chi connectivity index (χ2n) is 5.07. The van der Waals surface area contributed by atoms with E-state index >= 15 is 0 Å². The topological polar surface area (TPSA) is 72.7 Å². The van der Waals surface area contributed by atoms with E-state index in [1.165, 1.54) is 17.0 Å². The average Bonchev–Trinajstić information content (AvgIpc) is 2.88. The van der Waals surface area contributed by atoms with E-state index in [2.05, 4.69) is 0 Å². The number of thiocarbonyl (C=S) groups is 1. The van der Waals surface area contributed by atoms with Gasteiger partial charge in [-0.2, -0.15) is 0 Å². The highest BCUT2D eigenvalue weighted by atomic mass is 32.2. The van der Waals surface area contributed by atoms with Crippen molar-refractivity contribution in [3.8, 4) is 5.75 Å². The van der Waals surface area contributed by atoms with Crippen LogP contribution in [0.2, 0.25) is 0 Å². The molecule has 1 amide bonds. The molecule has 126 valence electrons. The minimum absolute atomic E-state index is 0.0305. The quantitative estimate of drug-likeness (QED) is 0.349. The molecule has 0 radical (unpaired) electrons. The van der Waals surface area contributed by atoms with Gasteiger partial charge in [-0.15, -0.1) is 0 Å². The molecule has 1 heterocycles. The van der Waals surface area contributed by atoms with Gasteiger partial charge in [0.1, 0.15) is 5.75 Å². The van der Waals surface area contributed by atoms with Crippen LogP contribution in [0.4, 0.5) is 11.4 Å². The SMILES string of the molecule is COc1cccc(N2C(=O)/C(=C/c3cccc([N+](=O)[O-])c3)SC2=S)c1. The first-order valence-electron chi connectivity index (χ1n) is 7.16. The molecule has 25 heavy (non-hydrogen) atoms. The Morgan fingerprint density at radius 2 is 2.00 bits per heavy atom. The van der Waals surface area contributed by atoms with Crippen molar-refractivity contribution in [2.75, 3.05) is 12.0 Å². The van der Waals surface area contributed by atoms with E-state index in [0.717, 1.165) is 11.8 Å². The van der Waals surface area contributed by atoms with Gasteiger partial charge in [-0.1, -0.05) is 42.2 Å². The molecule has 1 fully saturated rings. The number of non-ortho nitro benzene ring substituents is 1. The van der Waals surface area contributed by atoms with Gasteiger partial charge in [0.25, 0.3) is 11.6 Å². The van der Waals surface area contributed by atoms with Gasteiger partial charge in [-0.3, -0.25) is 19.8 Å². The third kappa shape index (κ3) is 3.54. The van der Waals surface area contributed by atoms with E-state index < -0.39 is 4.92 Å². The van der Waals surface area contributed by atoms with Crippen LogP contribution in [0.3, 0.4) is 0 Å². The Balaban J connectivity index is 1.93. The molecule has 1 aliphatic heterocycles. The Bertz CT molecular complexity index is 911. The van der Waals surface area contributed by atoms with Crippen LogP contribution < -0.4 is 9.64 Å². The average molecular weight is 372 g/mol. The van der Waals surface area contributed by atoms with E-state index in [4.69, 9.17) is 17.0 Å². The van der Waals surface area contributed by atoms with Crippen molar-refractivity contribution in [2.24, 2.45) is 0 Å². The van der Waals surface area contributed by atoms with Gasteiger partial charge in [-0.25, -0.2) is 0 Å². The summed E-state index contributed by atoms with van der Waals surface area (Å²) < 4.78 is 5.57. The third-order valence-corrected chi connectivity index (χ3v) is 4.79. The van der Waals surface area contributed by atoms with Crippen molar-refractivity contribution in [1.82, 2.24) is 0 Å². The molecule has 0 aromatic heterocycles. The van der Waals surface area contributed by atoms with Crippen LogP contribution in [0.5, 0.6) is 5.75 Å². The van der Waals surface area contributed by atoms with Crippen LogP contribution in [0.15, 0.2) is 53.4 Å². The van der Waals surface area contributed by atoms with Gasteiger partial charge in [0.05, 0.1) is 22.6 Å². The first kappa shape index (κ1) is 17.1. The summed E-state index contributed by atoms with van der Waals surface area (Å²) in [6, 6.07) is 13.1. The lowest BCUT2D eigenvalue weighted by Crippen LogP contribution is -2.27. The van der Waals surface area contributed by atoms with Gasteiger partial charge in [-0.05, 0) is 23.8 Å². The van der Waals surface area contributed by atoms with Crippen LogP contribution in [0.1, 0.15) is 5.56 Å². The number of amides is 1. The van der Waals surface area contributed by atoms with E-state index in [9.17, 15) is 14.9 Å². The Morgan fingerprint density at radius 1 is 1.24 bits per heavy atom. The molecule has 2 aromatic rings. The largest absolute Gasteiger partial charge is 0.497 e. The fourth-order valence-electron chi connectivity index (χ4n) is 2.32. The molecule has 1 saturated heterocycles. The summed E-state index contributed by atoms with van der Waals surface area (Å²) in [5.41, 5.74) is 1.15. The zero-order valence-corrected chi connectivity index (χ0v) is 14.7. The smallest absolute Gasteiger partial charge is 0.270 e. The molecule has 0 unspecified atom stereocenters. The molecule has 0 saturated carbocycles. The zero-order chi connectivity index (χ0) is 18.0. The predicted octanol–water partition coefficient (Wildman–Crippen LogP) is 4.01. The Hall–Kier alpha value is -2.71. The maximum atomic E-state index is 12.7. The highest BCUT2D eigenvalue weighted by Gasteiger charge is 2.33. The molecular weight excluding hydrogens is 360 g/mol. The second kappa shape index (κ2) is 7.04. The van der Waals surface area contributed by atoms with Crippen LogP contribution in [-0.4, -0.2) is 22.3 Å². The maximum absolute atomic E-state index is 12.7. The summed E-state index contributed by atoms with van der Waals surface area (Å²) >= 11 is 6.48. The zero-order valence-electron chi connectivity index (χ0n) is 13.0. The number of carbonyl (C=O) groups is 1. The van der Waals surface area contributed by atoms with E-state index in [1.807, 2.05) is 0 Å². The first-order chi connectivity index (χ1) is 12.0. The van der Waals surface area contributed by atoms with Crippen LogP contribution in [0.25, 0.3) is 6.08 Å². The second-order valence-corrected chi connectivity index (χ2v) is 6.75. The lowest BCUT2D eigenvalue weighted by molar-refractivity contribution is -0.384. The molecule has 0 spiro atoms. The summed E-state index contributed by atoms with van der Waals surface area (Å²) in [6.07, 6.45) is 1.60. The molecule has 0 aliphatic carbocycles. The number of nitro benzene ring substituents is 1. The van der Waals surface area contributed by atoms with Gasteiger partial charge in [0.15, 0.2) is 4.32 Å². The lowest BCUT2D eigenvalue weighted by atomic mass is 10.2. The molecule has 6 nitrogen and oxygen atoms in total. The normalized spacial score (nSPS) is 15.7. The number of hydrogen-bond acceptors (Lipinski definition) is 6. The minimum atomic E-state index is -0.473. The van der Waals surface area contributed by atoms with E-state index in [-0.39, 0.29) is 11.6 Å². The number of rotatable bonds is 4. The van der Waals surface area contributed by atoms with Crippen LogP contribution in [-0.2, 0) is 4.79 Å². The summed E-state index contributed by atoms with van der Waals surface area (Å²) in [7, 11) is 1.55. The summed E-state index contributed by atoms with van der Waals surface area (Å²) in [5.74, 6) is 0.351. The van der Waals surface area contributed by atoms with E-state index in [1.54, 1.807) is 49.6 Å². The number of anilines is 1. The number of hydrogen-bond donors (Lipinski definition) is 0. The molecule has 1 aliphatic rings. The van der Waals surface area contributed by atoms with Crippen LogP contribution >= 0.6 is 24.0 Å². The summed E-state index contributed by atoms with van der Waals surface area (Å²) in [4.78, 5) is 24.9. The highest BCUT2D eigenvalue weighted by molar-refractivity contribution is 8.27. The number of carbonyl (C=O) groups excluding carboxylic acids is 1. The highest BCUT2D eigenvalue weighted by Crippen LogP contribution is 2.37. The van der Waals surface area contributed by atoms with Crippen molar-refractivity contribution >= 4 is 51.7 Å². The summed E-state index contributed by atoms with van der Waals surface area (Å²) in [6.45, 7) is 0. The van der Waals surface area contributed by atoms with E-state index in [0.29, 0.717) is 26.2 Å². The van der Waals surface area contributed by atoms with Crippen molar-refractivity contribution in [3.05, 3.63) is 69.1 Å². The number of thioether (sulfide) groups is 1. The lowest BCUT2D eigenvalue weighted by Gasteiger charge is -2.15. The Morgan fingerprint density at radius 3 is 2.72 bits per heavy atom. The molecule has 8 heteroatoms. The third-order valence-electron chi connectivity index (χ3n) is 3.48. The molecule has 0 bridgehead atoms. The van der Waals surface area contributed by atoms with Crippen molar-refractivity contribution in [1.29, 1.82) is 0 Å². The molecule has 3 rings (SSSR count). The Labute approximate surface area is 153 Å². The fraction of sp³-hybridized carbons (Fsp3) is 0.0588. The standard InChI is InChI=1S/C17H12N2O4S2/c1-23-14-7-3-5-12(10-14)18-16(20)15(25-17(18)24)9-11-4-2-6-13(8-11)19(21)22/h2-10H,1H3/b15-9-. The van der Waals surface area contributed by atoms with Gasteiger partial charge in [0, 0.05) is 18.2 Å². The van der Waals surface area contributed by atoms with Gasteiger partial charge >= 0.3 is 0 Å². The fourth-order valence-corrected chi connectivity index (χ4v) is 3.62. The monoisotopic (exact) mass is 372 g/mol. The predicted molar refractivity (Wildman–Crippen MR) is 102 cm³/mol. The Kier molecular flexibility index (Phi) is 4.82. The van der Waals surface area contributed by atoms with Gasteiger partial charge < -0.3 is 4.74 Å². The van der Waals surface area contributed by atoms with Gasteiger partial charge in [0.2, 0.25) is 0 Å². The van der Waals surface area contributed by atoms with Crippen molar-refractivity contribution < 1.29 is 14.5 Å². The summed E-state index contributed by atoms with van der Waals surface area (Å²) in [5, 5.41) is 10.9. The molecule has 2 aromatic carbocycles.